The molecular formula is C39H36F2N2O4S. The zero-order chi connectivity index (χ0) is 34.0. The summed E-state index contributed by atoms with van der Waals surface area (Å²) in [5.74, 6) is -0.887. The summed E-state index contributed by atoms with van der Waals surface area (Å²) >= 11 is 1.49. The number of benzene rings is 3. The lowest BCUT2D eigenvalue weighted by atomic mass is 9.88. The van der Waals surface area contributed by atoms with Gasteiger partial charge in [0.15, 0.2) is 23.1 Å². The minimum Gasteiger partial charge on any atom is -0.453 e. The number of fused-ring (bicyclic) bond motifs is 1. The summed E-state index contributed by atoms with van der Waals surface area (Å²) in [4.78, 5) is 45.7. The zero-order valence-corrected chi connectivity index (χ0v) is 27.9. The third kappa shape index (κ3) is 7.06. The molecule has 2 heterocycles. The van der Waals surface area contributed by atoms with E-state index in [0.717, 1.165) is 32.6 Å². The van der Waals surface area contributed by atoms with Crippen molar-refractivity contribution in [3.8, 4) is 21.9 Å². The summed E-state index contributed by atoms with van der Waals surface area (Å²) in [5, 5.41) is 0. The van der Waals surface area contributed by atoms with Crippen molar-refractivity contribution in [2.75, 3.05) is 0 Å². The van der Waals surface area contributed by atoms with E-state index in [1.807, 2.05) is 42.2 Å². The number of nitrogens with zero attached hydrogens (tertiary/aromatic N) is 2. The van der Waals surface area contributed by atoms with Crippen LogP contribution in [0.3, 0.4) is 0 Å². The molecule has 3 aromatic carbocycles. The van der Waals surface area contributed by atoms with Crippen molar-refractivity contribution < 1.29 is 27.9 Å². The van der Waals surface area contributed by atoms with Gasteiger partial charge in [0.05, 0.1) is 15.6 Å². The Morgan fingerprint density at radius 1 is 0.875 bits per heavy atom. The lowest BCUT2D eigenvalue weighted by Crippen LogP contribution is -2.36. The summed E-state index contributed by atoms with van der Waals surface area (Å²) in [6.45, 7) is 6.26. The number of hydrogen-bond acceptors (Lipinski definition) is 6. The quantitative estimate of drug-likeness (QED) is 0.117. The molecule has 0 aliphatic heterocycles. The number of carbonyl (C=O) groups is 3. The molecule has 2 aromatic heterocycles. The Bertz CT molecular complexity index is 1980. The highest BCUT2D eigenvalue weighted by Gasteiger charge is 2.54. The highest BCUT2D eigenvalue weighted by Crippen LogP contribution is 2.49. The van der Waals surface area contributed by atoms with Crippen LogP contribution in [0.4, 0.5) is 8.78 Å². The lowest BCUT2D eigenvalue weighted by Gasteiger charge is -2.27. The van der Waals surface area contributed by atoms with E-state index >= 15 is 4.39 Å². The van der Waals surface area contributed by atoms with E-state index in [2.05, 4.69) is 11.9 Å². The topological polar surface area (TPSA) is 76.6 Å². The number of thiophene rings is 1. The van der Waals surface area contributed by atoms with Gasteiger partial charge in [-0.25, -0.2) is 8.78 Å². The first kappa shape index (κ1) is 33.2. The molecule has 1 fully saturated rings. The molecule has 1 unspecified atom stereocenters. The van der Waals surface area contributed by atoms with Crippen LogP contribution in [0.5, 0.6) is 11.5 Å². The molecule has 5 aromatic rings. The number of pyridine rings is 1. The lowest BCUT2D eigenvalue weighted by molar-refractivity contribution is -0.134. The van der Waals surface area contributed by atoms with Crippen LogP contribution in [0.1, 0.15) is 56.7 Å². The Balaban J connectivity index is 1.13. The van der Waals surface area contributed by atoms with Crippen LogP contribution in [-0.2, 0) is 33.8 Å². The van der Waals surface area contributed by atoms with Gasteiger partial charge in [0, 0.05) is 49.5 Å². The van der Waals surface area contributed by atoms with Crippen molar-refractivity contribution in [1.29, 1.82) is 0 Å². The van der Waals surface area contributed by atoms with E-state index in [4.69, 9.17) is 4.74 Å². The second-order valence-corrected chi connectivity index (χ2v) is 13.6. The Hall–Kier alpha value is -4.76. The van der Waals surface area contributed by atoms with Gasteiger partial charge in [-0.3, -0.25) is 19.4 Å². The maximum atomic E-state index is 15.3. The molecule has 0 bridgehead atoms. The predicted octanol–water partition coefficient (Wildman–Crippen LogP) is 8.88. The molecule has 246 valence electrons. The molecule has 0 saturated heterocycles. The monoisotopic (exact) mass is 666 g/mol. The molecular weight excluding hydrogens is 631 g/mol. The molecule has 1 aliphatic carbocycles. The Morgan fingerprint density at radius 2 is 1.52 bits per heavy atom. The third-order valence-corrected chi connectivity index (χ3v) is 10.4. The molecule has 48 heavy (non-hydrogen) atoms. The van der Waals surface area contributed by atoms with Crippen LogP contribution >= 0.6 is 11.3 Å². The fourth-order valence-corrected chi connectivity index (χ4v) is 6.98. The molecule has 1 atom stereocenters. The van der Waals surface area contributed by atoms with Gasteiger partial charge >= 0.3 is 0 Å². The molecule has 9 heteroatoms. The summed E-state index contributed by atoms with van der Waals surface area (Å²) < 4.78 is 35.4. The highest BCUT2D eigenvalue weighted by atomic mass is 32.1. The fraction of sp³-hybridized carbons (Fsp3) is 0.282. The van der Waals surface area contributed by atoms with Crippen LogP contribution in [0.15, 0.2) is 85.1 Å². The smallest absolute Gasteiger partial charge is 0.219 e. The number of carbonyl (C=O) groups excluding carboxylic acids is 3. The van der Waals surface area contributed by atoms with Gasteiger partial charge in [-0.2, -0.15) is 0 Å². The molecule has 6 rings (SSSR count). The van der Waals surface area contributed by atoms with Crippen molar-refractivity contribution in [2.45, 2.75) is 65.5 Å². The first-order valence-electron chi connectivity index (χ1n) is 16.1. The van der Waals surface area contributed by atoms with E-state index < -0.39 is 11.2 Å². The summed E-state index contributed by atoms with van der Waals surface area (Å²) in [7, 11) is 0. The van der Waals surface area contributed by atoms with E-state index in [1.165, 1.54) is 35.6 Å². The van der Waals surface area contributed by atoms with E-state index in [0.29, 0.717) is 36.3 Å². The SMILES string of the molecule is CCC(C)N(Cc1ccc(-c2cc3nccc(Oc4ccc(CC(=O)C5(C(=O)Cc6ccc(F)cc6)CC5)cc4F)c3s2)cc1)C(C)=O. The molecule has 6 nitrogen and oxygen atoms in total. The number of hydrogen-bond donors (Lipinski definition) is 0. The van der Waals surface area contributed by atoms with Crippen molar-refractivity contribution >= 4 is 39.0 Å². The maximum absolute atomic E-state index is 15.3. The Kier molecular flexibility index (Phi) is 9.51. The number of ether oxygens (including phenoxy) is 1. The van der Waals surface area contributed by atoms with Crippen molar-refractivity contribution in [1.82, 2.24) is 9.88 Å². The molecule has 1 saturated carbocycles. The second kappa shape index (κ2) is 13.8. The van der Waals surface area contributed by atoms with Crippen LogP contribution in [-0.4, -0.2) is 33.4 Å². The van der Waals surface area contributed by atoms with Gasteiger partial charge in [0.25, 0.3) is 0 Å². The first-order valence-corrected chi connectivity index (χ1v) is 16.9. The minimum absolute atomic E-state index is 0.0165. The molecule has 1 amide bonds. The molecule has 1 aliphatic rings. The number of halogens is 2. The summed E-state index contributed by atoms with van der Waals surface area (Å²) in [6.07, 6.45) is 3.43. The van der Waals surface area contributed by atoms with Crippen molar-refractivity contribution in [2.24, 2.45) is 5.41 Å². The molecule has 0 radical (unpaired) electrons. The van der Waals surface area contributed by atoms with E-state index in [9.17, 15) is 18.8 Å². The number of amides is 1. The molecule has 0 N–H and O–H groups in total. The normalized spacial score (nSPS) is 14.0. The zero-order valence-electron chi connectivity index (χ0n) is 27.1. The van der Waals surface area contributed by atoms with Gasteiger partial charge < -0.3 is 9.64 Å². The Labute approximate surface area is 282 Å². The average molecular weight is 667 g/mol. The minimum atomic E-state index is -1.05. The summed E-state index contributed by atoms with van der Waals surface area (Å²) in [5.41, 5.74) is 2.82. The van der Waals surface area contributed by atoms with Gasteiger partial charge in [-0.1, -0.05) is 49.4 Å². The fourth-order valence-electron chi connectivity index (χ4n) is 5.91. The highest BCUT2D eigenvalue weighted by molar-refractivity contribution is 7.22. The first-order chi connectivity index (χ1) is 23.1. The van der Waals surface area contributed by atoms with Crippen LogP contribution in [0, 0.1) is 17.0 Å². The van der Waals surface area contributed by atoms with Gasteiger partial charge in [0.1, 0.15) is 11.6 Å². The van der Waals surface area contributed by atoms with Gasteiger partial charge in [-0.05, 0) is 78.8 Å². The second-order valence-electron chi connectivity index (χ2n) is 12.5. The van der Waals surface area contributed by atoms with Crippen molar-refractivity contribution in [3.63, 3.8) is 0 Å². The van der Waals surface area contributed by atoms with Crippen molar-refractivity contribution in [3.05, 3.63) is 113 Å². The number of ketones is 2. The van der Waals surface area contributed by atoms with Crippen LogP contribution in [0.25, 0.3) is 20.7 Å². The number of rotatable bonds is 13. The third-order valence-electron chi connectivity index (χ3n) is 9.17. The number of Topliss-reactive ketones (excluding diaryl/α,β-unsaturated/α-hetero) is 2. The standard InChI is InChI=1S/C39H36F2N2O4S/c1-4-24(2)43(25(3)44)23-27-5-10-29(11-6-27)35-22-32-38(48-35)34(15-18-42-32)47-33-14-9-28(19-31(33)41)21-37(46)39(16-17-39)36(45)20-26-7-12-30(40)13-8-26/h5-15,18-19,22,24H,4,16-17,20-21,23H2,1-3H3. The van der Waals surface area contributed by atoms with Gasteiger partial charge in [-0.15, -0.1) is 11.3 Å². The number of aromatic nitrogens is 1. The average Bonchev–Trinajstić information content (AvgIpc) is 3.78. The molecule has 0 spiro atoms. The van der Waals surface area contributed by atoms with E-state index in [-0.39, 0.29) is 47.9 Å². The largest absolute Gasteiger partial charge is 0.453 e. The summed E-state index contributed by atoms with van der Waals surface area (Å²) in [6, 6.07) is 22.0. The van der Waals surface area contributed by atoms with Crippen LogP contribution < -0.4 is 4.74 Å². The van der Waals surface area contributed by atoms with Crippen LogP contribution in [0.2, 0.25) is 0 Å². The maximum Gasteiger partial charge on any atom is 0.219 e. The predicted molar refractivity (Wildman–Crippen MR) is 183 cm³/mol. The van der Waals surface area contributed by atoms with E-state index in [1.54, 1.807) is 37.4 Å². The Morgan fingerprint density at radius 3 is 2.15 bits per heavy atom. The van der Waals surface area contributed by atoms with Gasteiger partial charge in [0.2, 0.25) is 5.91 Å².